The molecule has 2 amide bonds. The van der Waals surface area contributed by atoms with Gasteiger partial charge in [0.2, 0.25) is 0 Å². The van der Waals surface area contributed by atoms with E-state index in [0.29, 0.717) is 13.1 Å². The highest BCUT2D eigenvalue weighted by atomic mass is 16.6. The molecule has 5 heterocycles. The van der Waals surface area contributed by atoms with Crippen LogP contribution in [0.4, 0.5) is 9.59 Å². The Labute approximate surface area is 291 Å². The summed E-state index contributed by atoms with van der Waals surface area (Å²) in [6.07, 6.45) is 4.67. The maximum atomic E-state index is 12.8. The first-order chi connectivity index (χ1) is 23.8. The minimum Gasteiger partial charge on any atom is -0.444 e. The molecular weight excluding hydrogens is 632 g/mol. The van der Waals surface area contributed by atoms with Crippen molar-refractivity contribution in [3.05, 3.63) is 72.4 Å². The molecule has 2 aliphatic rings. The van der Waals surface area contributed by atoms with Gasteiger partial charge >= 0.3 is 12.2 Å². The highest BCUT2D eigenvalue weighted by molar-refractivity contribution is 5.81. The number of ether oxygens (including phenoxy) is 2. The topological polar surface area (TPSA) is 142 Å². The number of nitrogens with one attached hydrogen (secondary N) is 2. The van der Waals surface area contributed by atoms with Crippen LogP contribution in [0.5, 0.6) is 0 Å². The van der Waals surface area contributed by atoms with Gasteiger partial charge in [0.25, 0.3) is 0 Å². The predicted molar refractivity (Wildman–Crippen MR) is 190 cm³/mol. The van der Waals surface area contributed by atoms with E-state index in [1.165, 1.54) is 0 Å². The molecule has 5 aromatic rings. The first-order valence-corrected chi connectivity index (χ1v) is 17.3. The molecule has 2 atom stereocenters. The number of H-pyrrole nitrogens is 2. The number of hydrogen-bond donors (Lipinski definition) is 2. The van der Waals surface area contributed by atoms with Crippen LogP contribution in [-0.2, 0) is 9.47 Å². The van der Waals surface area contributed by atoms with Crippen molar-refractivity contribution >= 4 is 23.2 Å². The summed E-state index contributed by atoms with van der Waals surface area (Å²) in [7, 11) is 0. The second-order valence-corrected chi connectivity index (χ2v) is 15.1. The van der Waals surface area contributed by atoms with Gasteiger partial charge < -0.3 is 19.4 Å². The Kier molecular flexibility index (Phi) is 8.57. The molecule has 0 unspecified atom stereocenters. The molecular formula is C38H44N8O4. The molecule has 260 valence electrons. The van der Waals surface area contributed by atoms with Gasteiger partial charge in [0, 0.05) is 24.2 Å². The summed E-state index contributed by atoms with van der Waals surface area (Å²) in [6.45, 7) is 12.6. The number of benzene rings is 2. The van der Waals surface area contributed by atoms with Gasteiger partial charge in [-0.25, -0.2) is 19.6 Å². The van der Waals surface area contributed by atoms with Crippen molar-refractivity contribution in [2.75, 3.05) is 13.1 Å². The lowest BCUT2D eigenvalue weighted by Gasteiger charge is -2.27. The van der Waals surface area contributed by atoms with E-state index < -0.39 is 11.2 Å². The zero-order chi connectivity index (χ0) is 35.2. The Morgan fingerprint density at radius 1 is 0.700 bits per heavy atom. The van der Waals surface area contributed by atoms with Crippen LogP contribution in [0, 0.1) is 0 Å². The molecule has 7 rings (SSSR count). The van der Waals surface area contributed by atoms with Crippen LogP contribution in [-0.4, -0.2) is 76.4 Å². The van der Waals surface area contributed by atoms with Gasteiger partial charge in [0.15, 0.2) is 0 Å². The number of carbonyl (C=O) groups is 2. The van der Waals surface area contributed by atoms with E-state index in [1.807, 2.05) is 102 Å². The average Bonchev–Trinajstić information content (AvgIpc) is 3.88. The van der Waals surface area contributed by atoms with Crippen molar-refractivity contribution in [1.82, 2.24) is 39.9 Å². The number of rotatable bonds is 5. The first-order valence-electron chi connectivity index (χ1n) is 17.3. The Hall–Kier alpha value is -5.26. The highest BCUT2D eigenvalue weighted by Crippen LogP contribution is 2.35. The molecule has 0 saturated carbocycles. The van der Waals surface area contributed by atoms with E-state index in [0.717, 1.165) is 82.1 Å². The maximum Gasteiger partial charge on any atom is 0.410 e. The van der Waals surface area contributed by atoms with Crippen LogP contribution >= 0.6 is 0 Å². The summed E-state index contributed by atoms with van der Waals surface area (Å²) >= 11 is 0. The summed E-state index contributed by atoms with van der Waals surface area (Å²) in [4.78, 5) is 45.5. The zero-order valence-electron chi connectivity index (χ0n) is 29.5. The molecule has 2 saturated heterocycles. The third-order valence-electron chi connectivity index (χ3n) is 8.94. The quantitative estimate of drug-likeness (QED) is 0.190. The Morgan fingerprint density at radius 3 is 1.82 bits per heavy atom. The lowest BCUT2D eigenvalue weighted by Crippen LogP contribution is -2.36. The molecule has 2 aromatic carbocycles. The third-order valence-corrected chi connectivity index (χ3v) is 8.94. The van der Waals surface area contributed by atoms with E-state index in [1.54, 1.807) is 9.80 Å². The van der Waals surface area contributed by atoms with E-state index in [2.05, 4.69) is 25.1 Å². The van der Waals surface area contributed by atoms with Gasteiger partial charge in [-0.15, -0.1) is 10.2 Å². The molecule has 0 bridgehead atoms. The van der Waals surface area contributed by atoms with Gasteiger partial charge in [-0.3, -0.25) is 9.80 Å². The SMILES string of the molecule is CC(C)(C)OC(=O)N1CCC[C@H]1c1ncc(-c2ccc(-c3ccc(-c4ccc5[nH]c([C@@H]6CCCN6C(=O)OC(C)(C)C)nc5c4)nn3)cc2)[nH]1. The van der Waals surface area contributed by atoms with E-state index in [4.69, 9.17) is 14.5 Å². The van der Waals surface area contributed by atoms with Crippen LogP contribution < -0.4 is 0 Å². The second kappa shape index (κ2) is 12.9. The fourth-order valence-corrected chi connectivity index (χ4v) is 6.64. The predicted octanol–water partition coefficient (Wildman–Crippen LogP) is 8.22. The number of imidazole rings is 2. The summed E-state index contributed by atoms with van der Waals surface area (Å²) < 4.78 is 11.3. The summed E-state index contributed by atoms with van der Waals surface area (Å²) in [6, 6.07) is 17.7. The fourth-order valence-electron chi connectivity index (χ4n) is 6.64. The number of amides is 2. The molecule has 0 spiro atoms. The van der Waals surface area contributed by atoms with Crippen molar-refractivity contribution in [3.63, 3.8) is 0 Å². The minimum atomic E-state index is -0.553. The number of carbonyl (C=O) groups excluding carboxylic acids is 2. The van der Waals surface area contributed by atoms with E-state index >= 15 is 0 Å². The maximum absolute atomic E-state index is 12.8. The molecule has 2 fully saturated rings. The van der Waals surface area contributed by atoms with Crippen molar-refractivity contribution < 1.29 is 19.1 Å². The molecule has 3 aromatic heterocycles. The fraction of sp³-hybridized carbons (Fsp3) is 0.421. The third kappa shape index (κ3) is 7.05. The smallest absolute Gasteiger partial charge is 0.410 e. The summed E-state index contributed by atoms with van der Waals surface area (Å²) in [5.74, 6) is 1.53. The van der Waals surface area contributed by atoms with Crippen LogP contribution in [0.2, 0.25) is 0 Å². The lowest BCUT2D eigenvalue weighted by molar-refractivity contribution is 0.0208. The lowest BCUT2D eigenvalue weighted by atomic mass is 10.1. The summed E-state index contributed by atoms with van der Waals surface area (Å²) in [5.41, 5.74) is 5.82. The van der Waals surface area contributed by atoms with Crippen LogP contribution in [0.25, 0.3) is 44.8 Å². The largest absolute Gasteiger partial charge is 0.444 e. The number of fused-ring (bicyclic) bond motifs is 1. The van der Waals surface area contributed by atoms with E-state index in [-0.39, 0.29) is 24.3 Å². The highest BCUT2D eigenvalue weighted by Gasteiger charge is 2.36. The number of hydrogen-bond acceptors (Lipinski definition) is 8. The standard InChI is InChI=1S/C38H44N8O4/c1-37(2,3)49-35(47)45-19-7-9-31(45)33-39-22-30(42-33)24-13-11-23(12-14-24)26-17-18-27(44-43-26)25-15-16-28-29(21-25)41-34(40-28)32-10-8-20-46(32)36(48)50-38(4,5)6/h11-18,21-22,31-32H,7-10,19-20H2,1-6H3,(H,39,42)(H,40,41)/t31-,32-/m0/s1. The molecule has 2 aliphatic heterocycles. The molecule has 12 heteroatoms. The van der Waals surface area contributed by atoms with Crippen LogP contribution in [0.1, 0.15) is 91.0 Å². The van der Waals surface area contributed by atoms with E-state index in [9.17, 15) is 9.59 Å². The molecule has 0 radical (unpaired) electrons. The normalized spacial score (nSPS) is 18.2. The van der Waals surface area contributed by atoms with Gasteiger partial charge in [0.05, 0.1) is 46.4 Å². The van der Waals surface area contributed by atoms with Gasteiger partial charge in [-0.05, 0) is 97.1 Å². The van der Waals surface area contributed by atoms with Crippen molar-refractivity contribution in [3.8, 4) is 33.8 Å². The minimum absolute atomic E-state index is 0.135. The molecule has 0 aliphatic carbocycles. The molecule has 2 N–H and O–H groups in total. The van der Waals surface area contributed by atoms with Crippen molar-refractivity contribution in [2.24, 2.45) is 0 Å². The van der Waals surface area contributed by atoms with Crippen molar-refractivity contribution in [1.29, 1.82) is 0 Å². The van der Waals surface area contributed by atoms with Crippen LogP contribution in [0.3, 0.4) is 0 Å². The summed E-state index contributed by atoms with van der Waals surface area (Å²) in [5, 5.41) is 9.08. The Bertz CT molecular complexity index is 2000. The first kappa shape index (κ1) is 33.2. The molecule has 12 nitrogen and oxygen atoms in total. The Balaban J connectivity index is 1.03. The second-order valence-electron chi connectivity index (χ2n) is 15.1. The van der Waals surface area contributed by atoms with Gasteiger partial charge in [-0.2, -0.15) is 0 Å². The molecule has 50 heavy (non-hydrogen) atoms. The van der Waals surface area contributed by atoms with Gasteiger partial charge in [0.1, 0.15) is 22.9 Å². The van der Waals surface area contributed by atoms with Crippen LogP contribution in [0.15, 0.2) is 60.8 Å². The van der Waals surface area contributed by atoms with Crippen molar-refractivity contribution in [2.45, 2.75) is 90.5 Å². The number of aromatic amines is 2. The average molecular weight is 677 g/mol. The zero-order valence-corrected chi connectivity index (χ0v) is 29.5. The monoisotopic (exact) mass is 676 g/mol. The van der Waals surface area contributed by atoms with Gasteiger partial charge in [-0.1, -0.05) is 30.3 Å². The number of likely N-dealkylation sites (tertiary alicyclic amines) is 2. The Morgan fingerprint density at radius 2 is 1.24 bits per heavy atom. The number of aromatic nitrogens is 6. The number of nitrogens with zero attached hydrogens (tertiary/aromatic N) is 6.